The number of rotatable bonds is 1. The van der Waals surface area contributed by atoms with Crippen molar-refractivity contribution in [2.75, 3.05) is 5.73 Å². The van der Waals surface area contributed by atoms with E-state index < -0.39 is 0 Å². The normalized spacial score (nSPS) is 10.4. The van der Waals surface area contributed by atoms with Gasteiger partial charge in [0.25, 0.3) is 0 Å². The van der Waals surface area contributed by atoms with Crippen molar-refractivity contribution in [2.45, 2.75) is 13.8 Å². The summed E-state index contributed by atoms with van der Waals surface area (Å²) in [6.45, 7) is 3.74. The van der Waals surface area contributed by atoms with E-state index in [1.807, 2.05) is 26.0 Å². The minimum atomic E-state index is 0.660. The first-order valence-electron chi connectivity index (χ1n) is 4.29. The molecule has 72 valence electrons. The molecule has 2 rings (SSSR count). The second-order valence-electron chi connectivity index (χ2n) is 3.15. The van der Waals surface area contributed by atoms with Crippen LogP contribution in [0.5, 0.6) is 0 Å². The van der Waals surface area contributed by atoms with E-state index in [-0.39, 0.29) is 0 Å². The maximum absolute atomic E-state index is 5.68. The predicted molar refractivity (Wildman–Crippen MR) is 53.0 cm³/mol. The highest BCUT2D eigenvalue weighted by Gasteiger charge is 2.03. The van der Waals surface area contributed by atoms with Crippen molar-refractivity contribution in [2.24, 2.45) is 0 Å². The molecule has 0 bridgehead atoms. The van der Waals surface area contributed by atoms with Gasteiger partial charge in [-0.25, -0.2) is 4.68 Å². The fourth-order valence-corrected chi connectivity index (χ4v) is 1.10. The molecule has 0 atom stereocenters. The molecule has 0 saturated heterocycles. The lowest BCUT2D eigenvalue weighted by Crippen LogP contribution is -2.00. The van der Waals surface area contributed by atoms with Gasteiger partial charge in [-0.05, 0) is 26.0 Å². The monoisotopic (exact) mass is 189 g/mol. The van der Waals surface area contributed by atoms with Crippen molar-refractivity contribution < 1.29 is 0 Å². The maximum atomic E-state index is 5.68. The molecule has 5 nitrogen and oxygen atoms in total. The molecule has 14 heavy (non-hydrogen) atoms. The van der Waals surface area contributed by atoms with Gasteiger partial charge in [0, 0.05) is 0 Å². The lowest BCUT2D eigenvalue weighted by Gasteiger charge is -1.97. The van der Waals surface area contributed by atoms with E-state index in [0.717, 1.165) is 11.4 Å². The number of nitrogen functional groups attached to an aromatic ring is 1. The highest BCUT2D eigenvalue weighted by molar-refractivity contribution is 5.41. The van der Waals surface area contributed by atoms with Crippen LogP contribution in [-0.2, 0) is 0 Å². The van der Waals surface area contributed by atoms with Crippen molar-refractivity contribution in [3.8, 4) is 5.82 Å². The first-order chi connectivity index (χ1) is 6.66. The van der Waals surface area contributed by atoms with Crippen LogP contribution in [0, 0.1) is 13.8 Å². The number of hydrogen-bond acceptors (Lipinski definition) is 4. The predicted octanol–water partition coefficient (Wildman–Crippen LogP) is 0.861. The first kappa shape index (κ1) is 8.68. The highest BCUT2D eigenvalue weighted by atomic mass is 15.3. The molecule has 2 N–H and O–H groups in total. The van der Waals surface area contributed by atoms with E-state index in [1.54, 1.807) is 10.9 Å². The van der Waals surface area contributed by atoms with Crippen LogP contribution in [0.2, 0.25) is 0 Å². The molecule has 0 aliphatic heterocycles. The Balaban J connectivity index is 2.44. The number of nitrogens with zero attached hydrogens (tertiary/aromatic N) is 4. The second-order valence-corrected chi connectivity index (χ2v) is 3.15. The van der Waals surface area contributed by atoms with Crippen LogP contribution in [0.1, 0.15) is 11.4 Å². The van der Waals surface area contributed by atoms with Crippen LogP contribution in [0.15, 0.2) is 18.3 Å². The summed E-state index contributed by atoms with van der Waals surface area (Å²) in [5.41, 5.74) is 8.01. The quantitative estimate of drug-likeness (QED) is 0.722. The lowest BCUT2D eigenvalue weighted by molar-refractivity contribution is 0.796. The van der Waals surface area contributed by atoms with Crippen molar-refractivity contribution in [1.29, 1.82) is 0 Å². The second kappa shape index (κ2) is 3.10. The zero-order valence-electron chi connectivity index (χ0n) is 8.10. The summed E-state index contributed by atoms with van der Waals surface area (Å²) >= 11 is 0. The van der Waals surface area contributed by atoms with E-state index in [9.17, 15) is 0 Å². The van der Waals surface area contributed by atoms with Gasteiger partial charge in [0.2, 0.25) is 0 Å². The Morgan fingerprint density at radius 1 is 1.21 bits per heavy atom. The molecule has 0 radical (unpaired) electrons. The summed E-state index contributed by atoms with van der Waals surface area (Å²) < 4.78 is 1.62. The Kier molecular flexibility index (Phi) is 1.92. The summed E-state index contributed by atoms with van der Waals surface area (Å²) in [5.74, 6) is 0.676. The molecule has 0 aliphatic carbocycles. The number of hydrogen-bond donors (Lipinski definition) is 1. The summed E-state index contributed by atoms with van der Waals surface area (Å²) in [6.07, 6.45) is 1.73. The van der Waals surface area contributed by atoms with Gasteiger partial charge in [-0.3, -0.25) is 0 Å². The van der Waals surface area contributed by atoms with E-state index in [4.69, 9.17) is 5.73 Å². The average Bonchev–Trinajstić information content (AvgIpc) is 2.48. The Morgan fingerprint density at radius 3 is 2.50 bits per heavy atom. The van der Waals surface area contributed by atoms with Gasteiger partial charge in [0.15, 0.2) is 5.82 Å². The smallest absolute Gasteiger partial charge is 0.175 e. The van der Waals surface area contributed by atoms with E-state index in [0.29, 0.717) is 11.5 Å². The summed E-state index contributed by atoms with van der Waals surface area (Å²) in [5, 5.41) is 12.1. The zero-order chi connectivity index (χ0) is 10.1. The molecule has 0 aromatic carbocycles. The molecule has 5 heteroatoms. The largest absolute Gasteiger partial charge is 0.396 e. The van der Waals surface area contributed by atoms with Crippen LogP contribution >= 0.6 is 0 Å². The Hall–Kier alpha value is -1.91. The lowest BCUT2D eigenvalue weighted by atomic mass is 10.4. The minimum Gasteiger partial charge on any atom is -0.396 e. The van der Waals surface area contributed by atoms with Gasteiger partial charge < -0.3 is 5.73 Å². The number of nitrogens with two attached hydrogens (primary N) is 1. The molecule has 2 aromatic heterocycles. The van der Waals surface area contributed by atoms with E-state index in [1.165, 1.54) is 0 Å². The van der Waals surface area contributed by atoms with Crippen LogP contribution in [0.25, 0.3) is 5.82 Å². The number of anilines is 1. The van der Waals surface area contributed by atoms with Crippen LogP contribution in [0.3, 0.4) is 0 Å². The third-order valence-corrected chi connectivity index (χ3v) is 1.96. The standard InChI is InChI=1S/C9H11N5/c1-6-3-4-9(12-11-6)14-5-8(10)7(2)13-14/h3-5H,10H2,1-2H3. The SMILES string of the molecule is Cc1ccc(-n2cc(N)c(C)n2)nn1. The van der Waals surface area contributed by atoms with Gasteiger partial charge >= 0.3 is 0 Å². The number of aromatic nitrogens is 4. The molecular weight excluding hydrogens is 178 g/mol. The zero-order valence-corrected chi connectivity index (χ0v) is 8.10. The first-order valence-corrected chi connectivity index (χ1v) is 4.29. The third-order valence-electron chi connectivity index (χ3n) is 1.96. The summed E-state index contributed by atoms with van der Waals surface area (Å²) in [6, 6.07) is 3.74. The van der Waals surface area contributed by atoms with Crippen molar-refractivity contribution >= 4 is 5.69 Å². The Bertz CT molecular complexity index is 423. The van der Waals surface area contributed by atoms with Gasteiger partial charge in [-0.1, -0.05) is 0 Å². The Morgan fingerprint density at radius 2 is 2.00 bits per heavy atom. The van der Waals surface area contributed by atoms with Crippen molar-refractivity contribution in [1.82, 2.24) is 20.0 Å². The van der Waals surface area contributed by atoms with Gasteiger partial charge in [-0.2, -0.15) is 10.2 Å². The van der Waals surface area contributed by atoms with Crippen LogP contribution < -0.4 is 5.73 Å². The van der Waals surface area contributed by atoms with Gasteiger partial charge in [-0.15, -0.1) is 5.10 Å². The highest BCUT2D eigenvalue weighted by Crippen LogP contribution is 2.10. The fraction of sp³-hybridized carbons (Fsp3) is 0.222. The van der Waals surface area contributed by atoms with E-state index >= 15 is 0 Å². The van der Waals surface area contributed by atoms with Crippen LogP contribution in [0.4, 0.5) is 5.69 Å². The molecule has 2 heterocycles. The molecule has 0 saturated carbocycles. The van der Waals surface area contributed by atoms with Crippen molar-refractivity contribution in [3.63, 3.8) is 0 Å². The Labute approximate surface area is 81.6 Å². The fourth-order valence-electron chi connectivity index (χ4n) is 1.10. The molecule has 0 fully saturated rings. The van der Waals surface area contributed by atoms with Gasteiger partial charge in [0.1, 0.15) is 0 Å². The molecule has 2 aromatic rings. The maximum Gasteiger partial charge on any atom is 0.175 e. The third kappa shape index (κ3) is 1.44. The average molecular weight is 189 g/mol. The van der Waals surface area contributed by atoms with Gasteiger partial charge in [0.05, 0.1) is 23.3 Å². The molecule has 0 spiro atoms. The summed E-state index contributed by atoms with van der Waals surface area (Å²) in [4.78, 5) is 0. The van der Waals surface area contributed by atoms with E-state index in [2.05, 4.69) is 15.3 Å². The van der Waals surface area contributed by atoms with Crippen LogP contribution in [-0.4, -0.2) is 20.0 Å². The topological polar surface area (TPSA) is 69.6 Å². The molecular formula is C9H11N5. The molecule has 0 unspecified atom stereocenters. The van der Waals surface area contributed by atoms with Crippen molar-refractivity contribution in [3.05, 3.63) is 29.7 Å². The molecule has 0 aliphatic rings. The minimum absolute atomic E-state index is 0.660. The summed E-state index contributed by atoms with van der Waals surface area (Å²) in [7, 11) is 0. The molecule has 0 amide bonds. The number of aryl methyl sites for hydroxylation is 2.